The average molecular weight is 230 g/mol. The molecular weight excluding hydrogens is 217 g/mol. The van der Waals surface area contributed by atoms with Gasteiger partial charge in [0.25, 0.3) is 0 Å². The van der Waals surface area contributed by atoms with Crippen LogP contribution in [0.5, 0.6) is 5.75 Å². The first-order valence-electron chi connectivity index (χ1n) is 5.10. The Balaban J connectivity index is 2.33. The van der Waals surface area contributed by atoms with Crippen LogP contribution in [0.25, 0.3) is 0 Å². The van der Waals surface area contributed by atoms with E-state index in [2.05, 4.69) is 5.32 Å². The molecule has 1 heterocycles. The predicted octanol–water partition coefficient (Wildman–Crippen LogP) is 3.00. The number of phenolic OH excluding ortho intramolecular Hbond substituents is 1. The number of nitrogens with one attached hydrogen (secondary N) is 1. The van der Waals surface area contributed by atoms with Crippen molar-refractivity contribution in [1.82, 2.24) is 5.32 Å². The number of piperidine rings is 1. The summed E-state index contributed by atoms with van der Waals surface area (Å²) < 4.78 is 13.6. The Labute approximate surface area is 93.1 Å². The monoisotopic (exact) mass is 229 g/mol. The van der Waals surface area contributed by atoms with E-state index in [4.69, 9.17) is 11.6 Å². The van der Waals surface area contributed by atoms with Crippen LogP contribution in [-0.2, 0) is 0 Å². The molecule has 4 heteroatoms. The topological polar surface area (TPSA) is 32.3 Å². The molecule has 2 rings (SSSR count). The number of rotatable bonds is 1. The van der Waals surface area contributed by atoms with Crippen LogP contribution in [-0.4, -0.2) is 11.7 Å². The number of phenols is 1. The fourth-order valence-corrected chi connectivity index (χ4v) is 2.34. The first-order valence-corrected chi connectivity index (χ1v) is 5.47. The van der Waals surface area contributed by atoms with Gasteiger partial charge >= 0.3 is 0 Å². The Kier molecular flexibility index (Phi) is 3.12. The van der Waals surface area contributed by atoms with E-state index < -0.39 is 5.82 Å². The van der Waals surface area contributed by atoms with E-state index in [1.807, 2.05) is 0 Å². The lowest BCUT2D eigenvalue weighted by Gasteiger charge is -2.25. The molecule has 0 saturated carbocycles. The molecule has 0 aromatic heterocycles. The van der Waals surface area contributed by atoms with Crippen LogP contribution in [0.3, 0.4) is 0 Å². The summed E-state index contributed by atoms with van der Waals surface area (Å²) in [6.07, 6.45) is 3.09. The number of halogens is 2. The van der Waals surface area contributed by atoms with Gasteiger partial charge in [-0.15, -0.1) is 0 Å². The van der Waals surface area contributed by atoms with E-state index in [9.17, 15) is 9.50 Å². The molecule has 1 aliphatic rings. The van der Waals surface area contributed by atoms with E-state index in [1.165, 1.54) is 6.07 Å². The van der Waals surface area contributed by atoms with E-state index in [1.54, 1.807) is 0 Å². The van der Waals surface area contributed by atoms with Crippen molar-refractivity contribution < 1.29 is 9.50 Å². The Bertz CT molecular complexity index is 341. The van der Waals surface area contributed by atoms with Gasteiger partial charge in [0, 0.05) is 17.7 Å². The maximum Gasteiger partial charge on any atom is 0.133 e. The number of benzene rings is 1. The number of aromatic hydroxyl groups is 1. The SMILES string of the molecule is Oc1cc(F)c(C2CCCCN2)c(Cl)c1. The number of hydrogen-bond donors (Lipinski definition) is 2. The molecule has 0 spiro atoms. The molecule has 0 aliphatic carbocycles. The van der Waals surface area contributed by atoms with Gasteiger partial charge in [-0.05, 0) is 25.5 Å². The minimum absolute atomic E-state index is 0.0214. The molecule has 0 radical (unpaired) electrons. The minimum atomic E-state index is -0.431. The van der Waals surface area contributed by atoms with Crippen LogP contribution in [0.4, 0.5) is 4.39 Å². The highest BCUT2D eigenvalue weighted by atomic mass is 35.5. The van der Waals surface area contributed by atoms with Crippen LogP contribution in [0.1, 0.15) is 30.9 Å². The molecule has 1 fully saturated rings. The lowest BCUT2D eigenvalue weighted by molar-refractivity contribution is 0.397. The van der Waals surface area contributed by atoms with Crippen molar-refractivity contribution in [3.63, 3.8) is 0 Å². The van der Waals surface area contributed by atoms with Crippen molar-refractivity contribution in [2.24, 2.45) is 0 Å². The van der Waals surface area contributed by atoms with Crippen LogP contribution < -0.4 is 5.32 Å². The third kappa shape index (κ3) is 2.24. The summed E-state index contributed by atoms with van der Waals surface area (Å²) >= 11 is 5.93. The van der Waals surface area contributed by atoms with Crippen molar-refractivity contribution >= 4 is 11.6 Å². The third-order valence-corrected chi connectivity index (χ3v) is 3.04. The molecule has 0 amide bonds. The minimum Gasteiger partial charge on any atom is -0.508 e. The van der Waals surface area contributed by atoms with Crippen molar-refractivity contribution in [2.75, 3.05) is 6.54 Å². The highest BCUT2D eigenvalue weighted by molar-refractivity contribution is 6.31. The maximum atomic E-state index is 13.6. The average Bonchev–Trinajstić information content (AvgIpc) is 2.17. The third-order valence-electron chi connectivity index (χ3n) is 2.72. The van der Waals surface area contributed by atoms with E-state index in [-0.39, 0.29) is 11.8 Å². The molecule has 2 nitrogen and oxygen atoms in total. The summed E-state index contributed by atoms with van der Waals surface area (Å²) in [5.41, 5.74) is 0.481. The Morgan fingerprint density at radius 3 is 2.80 bits per heavy atom. The van der Waals surface area contributed by atoms with E-state index in [0.29, 0.717) is 10.6 Å². The van der Waals surface area contributed by atoms with Crippen LogP contribution in [0, 0.1) is 5.82 Å². The molecule has 0 bridgehead atoms. The summed E-state index contributed by atoms with van der Waals surface area (Å²) in [4.78, 5) is 0. The highest BCUT2D eigenvalue weighted by Crippen LogP contribution is 2.33. The zero-order chi connectivity index (χ0) is 10.8. The van der Waals surface area contributed by atoms with Gasteiger partial charge in [0.05, 0.1) is 5.02 Å². The molecule has 15 heavy (non-hydrogen) atoms. The summed E-state index contributed by atoms with van der Waals surface area (Å²) in [5.74, 6) is -0.559. The summed E-state index contributed by atoms with van der Waals surface area (Å²) in [6, 6.07) is 2.47. The molecule has 1 atom stereocenters. The summed E-state index contributed by atoms with van der Waals surface area (Å²) in [6.45, 7) is 0.890. The second-order valence-corrected chi connectivity index (χ2v) is 4.23. The lowest BCUT2D eigenvalue weighted by Crippen LogP contribution is -2.27. The molecule has 1 aliphatic heterocycles. The normalized spacial score (nSPS) is 21.6. The summed E-state index contributed by atoms with van der Waals surface area (Å²) in [7, 11) is 0. The van der Waals surface area contributed by atoms with Gasteiger partial charge in [0.1, 0.15) is 11.6 Å². The molecular formula is C11H13ClFNO. The second-order valence-electron chi connectivity index (χ2n) is 3.83. The fourth-order valence-electron chi connectivity index (χ4n) is 2.00. The molecule has 1 unspecified atom stereocenters. The van der Waals surface area contributed by atoms with Gasteiger partial charge in [-0.3, -0.25) is 0 Å². The van der Waals surface area contributed by atoms with Crippen molar-refractivity contribution in [3.05, 3.63) is 28.5 Å². The van der Waals surface area contributed by atoms with Gasteiger partial charge < -0.3 is 10.4 Å². The van der Waals surface area contributed by atoms with Crippen molar-refractivity contribution in [2.45, 2.75) is 25.3 Å². The van der Waals surface area contributed by atoms with Crippen molar-refractivity contribution in [3.8, 4) is 5.75 Å². The quantitative estimate of drug-likeness (QED) is 0.776. The Morgan fingerprint density at radius 1 is 1.40 bits per heavy atom. The fraction of sp³-hybridized carbons (Fsp3) is 0.455. The summed E-state index contributed by atoms with van der Waals surface area (Å²) in [5, 5.41) is 12.7. The zero-order valence-electron chi connectivity index (χ0n) is 8.26. The molecule has 1 saturated heterocycles. The maximum absolute atomic E-state index is 13.6. The highest BCUT2D eigenvalue weighted by Gasteiger charge is 2.21. The first kappa shape index (κ1) is 10.7. The predicted molar refractivity (Wildman–Crippen MR) is 57.7 cm³/mol. The van der Waals surface area contributed by atoms with Crippen molar-refractivity contribution in [1.29, 1.82) is 0 Å². The zero-order valence-corrected chi connectivity index (χ0v) is 9.02. The van der Waals surface area contributed by atoms with Gasteiger partial charge in [0.15, 0.2) is 0 Å². The lowest BCUT2D eigenvalue weighted by atomic mass is 9.97. The standard InChI is InChI=1S/C11H13ClFNO/c12-8-5-7(15)6-9(13)11(8)10-3-1-2-4-14-10/h5-6,10,14-15H,1-4H2. The van der Waals surface area contributed by atoms with Crippen LogP contribution in [0.15, 0.2) is 12.1 Å². The molecule has 82 valence electrons. The molecule has 1 aromatic rings. The Morgan fingerprint density at radius 2 is 2.20 bits per heavy atom. The first-order chi connectivity index (χ1) is 7.18. The van der Waals surface area contributed by atoms with E-state index in [0.717, 1.165) is 31.9 Å². The number of hydrogen-bond acceptors (Lipinski definition) is 2. The second kappa shape index (κ2) is 4.37. The van der Waals surface area contributed by atoms with Gasteiger partial charge in [-0.25, -0.2) is 4.39 Å². The largest absolute Gasteiger partial charge is 0.508 e. The molecule has 1 aromatic carbocycles. The Hall–Kier alpha value is -0.800. The van der Waals surface area contributed by atoms with Gasteiger partial charge in [0.2, 0.25) is 0 Å². The van der Waals surface area contributed by atoms with Crippen LogP contribution in [0.2, 0.25) is 5.02 Å². The van der Waals surface area contributed by atoms with Gasteiger partial charge in [-0.2, -0.15) is 0 Å². The van der Waals surface area contributed by atoms with Gasteiger partial charge in [-0.1, -0.05) is 18.0 Å². The smallest absolute Gasteiger partial charge is 0.133 e. The van der Waals surface area contributed by atoms with E-state index >= 15 is 0 Å². The van der Waals surface area contributed by atoms with Crippen LogP contribution >= 0.6 is 11.6 Å². The molecule has 2 N–H and O–H groups in total.